The summed E-state index contributed by atoms with van der Waals surface area (Å²) in [7, 11) is 0. The molecule has 3 aromatic carbocycles. The standard InChI is InChI=1S/C41H60N6O2/c1-28(2)21-36-26-46(40(39(43)27-48)37-17-15-30(4)23-32(37)6)35(13-10-18-44-19-20-45-34-11-8-7-9-12-34)25-47(36)41(49)38(42)24-33-16-14-29(3)22-31(33)5/h7-9,11-12,14-17,22-23,27-28,35-36,38-40,44-45H,10,13,18-21,24-26,42-43H2,1-6H3/t35-,36+,38+,39?,40?/m0/s1. The molecule has 1 saturated heterocycles. The average Bonchev–Trinajstić information content (AvgIpc) is 3.07. The highest BCUT2D eigenvalue weighted by Crippen LogP contribution is 2.34. The number of para-hydroxylation sites is 1. The van der Waals surface area contributed by atoms with Crippen LogP contribution in [-0.4, -0.2) is 78.9 Å². The highest BCUT2D eigenvalue weighted by molar-refractivity contribution is 5.82. The van der Waals surface area contributed by atoms with Crippen LogP contribution in [0.5, 0.6) is 0 Å². The van der Waals surface area contributed by atoms with Crippen LogP contribution in [-0.2, 0) is 16.0 Å². The number of anilines is 1. The molecule has 1 aliphatic heterocycles. The van der Waals surface area contributed by atoms with Crippen LogP contribution >= 0.6 is 0 Å². The van der Waals surface area contributed by atoms with Gasteiger partial charge in [-0.1, -0.05) is 79.6 Å². The molecule has 8 heteroatoms. The molecule has 0 radical (unpaired) electrons. The quantitative estimate of drug-likeness (QED) is 0.111. The first-order chi connectivity index (χ1) is 23.5. The van der Waals surface area contributed by atoms with Crippen LogP contribution in [0.4, 0.5) is 5.69 Å². The second kappa shape index (κ2) is 18.4. The second-order valence-corrected chi connectivity index (χ2v) is 14.6. The third-order valence-corrected chi connectivity index (χ3v) is 9.94. The smallest absolute Gasteiger partial charge is 0.240 e. The number of nitrogens with zero attached hydrogens (tertiary/aromatic N) is 2. The predicted octanol–water partition coefficient (Wildman–Crippen LogP) is 5.47. The van der Waals surface area contributed by atoms with Crippen LogP contribution in [0.25, 0.3) is 0 Å². The molecule has 0 aliphatic carbocycles. The zero-order chi connectivity index (χ0) is 35.5. The molecule has 6 N–H and O–H groups in total. The van der Waals surface area contributed by atoms with Gasteiger partial charge in [0.05, 0.1) is 18.1 Å². The van der Waals surface area contributed by atoms with E-state index in [1.54, 1.807) is 0 Å². The second-order valence-electron chi connectivity index (χ2n) is 14.6. The van der Waals surface area contributed by atoms with E-state index in [0.717, 1.165) is 73.1 Å². The molecule has 8 nitrogen and oxygen atoms in total. The normalized spacial score (nSPS) is 18.7. The fourth-order valence-electron chi connectivity index (χ4n) is 7.48. The summed E-state index contributed by atoms with van der Waals surface area (Å²) in [6.45, 7) is 16.5. The lowest BCUT2D eigenvalue weighted by molar-refractivity contribution is -0.141. The van der Waals surface area contributed by atoms with Gasteiger partial charge in [0.15, 0.2) is 0 Å². The fourth-order valence-corrected chi connectivity index (χ4v) is 7.48. The molecule has 0 saturated carbocycles. The summed E-state index contributed by atoms with van der Waals surface area (Å²) >= 11 is 0. The third-order valence-electron chi connectivity index (χ3n) is 9.94. The maximum Gasteiger partial charge on any atom is 0.240 e. The molecule has 2 unspecified atom stereocenters. The van der Waals surface area contributed by atoms with Crippen molar-refractivity contribution in [1.29, 1.82) is 0 Å². The van der Waals surface area contributed by atoms with Crippen molar-refractivity contribution < 1.29 is 9.59 Å². The Hall–Kier alpha value is -3.56. The third kappa shape index (κ3) is 10.7. The molecule has 3 aromatic rings. The first-order valence-electron chi connectivity index (χ1n) is 18.1. The van der Waals surface area contributed by atoms with E-state index in [1.165, 1.54) is 11.1 Å². The van der Waals surface area contributed by atoms with E-state index in [0.29, 0.717) is 25.4 Å². The molecule has 266 valence electrons. The van der Waals surface area contributed by atoms with Crippen molar-refractivity contribution in [3.05, 3.63) is 100 Å². The number of nitrogens with one attached hydrogen (secondary N) is 2. The summed E-state index contributed by atoms with van der Waals surface area (Å²) in [4.78, 5) is 31.2. The molecule has 1 fully saturated rings. The summed E-state index contributed by atoms with van der Waals surface area (Å²) in [5.74, 6) is 0.380. The Morgan fingerprint density at radius 2 is 1.57 bits per heavy atom. The van der Waals surface area contributed by atoms with Crippen LogP contribution in [0.2, 0.25) is 0 Å². The van der Waals surface area contributed by atoms with Crippen LogP contribution in [0.15, 0.2) is 66.7 Å². The molecule has 4 rings (SSSR count). The number of aryl methyl sites for hydroxylation is 4. The number of carbonyl (C=O) groups excluding carboxylic acids is 2. The lowest BCUT2D eigenvalue weighted by atomic mass is 9.88. The molecule has 0 aromatic heterocycles. The van der Waals surface area contributed by atoms with Gasteiger partial charge in [-0.05, 0) is 100 Å². The number of benzene rings is 3. The lowest BCUT2D eigenvalue weighted by Crippen LogP contribution is -2.64. The van der Waals surface area contributed by atoms with Gasteiger partial charge in [0.25, 0.3) is 0 Å². The zero-order valence-corrected chi connectivity index (χ0v) is 30.6. The molecule has 49 heavy (non-hydrogen) atoms. The Balaban J connectivity index is 1.56. The van der Waals surface area contributed by atoms with E-state index in [1.807, 2.05) is 18.2 Å². The van der Waals surface area contributed by atoms with Gasteiger partial charge in [-0.15, -0.1) is 0 Å². The molecule has 0 bridgehead atoms. The number of nitrogens with two attached hydrogens (primary N) is 2. The Labute approximate surface area is 295 Å². The van der Waals surface area contributed by atoms with Gasteiger partial charge in [0.1, 0.15) is 6.29 Å². The Morgan fingerprint density at radius 3 is 2.22 bits per heavy atom. The van der Waals surface area contributed by atoms with Crippen LogP contribution in [0.3, 0.4) is 0 Å². The number of carbonyl (C=O) groups is 2. The van der Waals surface area contributed by atoms with E-state index in [2.05, 4.69) is 111 Å². The topological polar surface area (TPSA) is 117 Å². The summed E-state index contributed by atoms with van der Waals surface area (Å²) < 4.78 is 0. The minimum absolute atomic E-state index is 0.00291. The molecule has 1 amide bonds. The van der Waals surface area contributed by atoms with E-state index in [4.69, 9.17) is 11.5 Å². The lowest BCUT2D eigenvalue weighted by Gasteiger charge is -2.51. The number of piperazine rings is 1. The van der Waals surface area contributed by atoms with Crippen molar-refractivity contribution in [2.24, 2.45) is 17.4 Å². The summed E-state index contributed by atoms with van der Waals surface area (Å²) in [6, 6.07) is 21.3. The molecule has 1 aliphatic rings. The monoisotopic (exact) mass is 668 g/mol. The van der Waals surface area contributed by atoms with Gasteiger partial charge in [-0.3, -0.25) is 9.69 Å². The molecule has 1 heterocycles. The van der Waals surface area contributed by atoms with Crippen LogP contribution < -0.4 is 22.1 Å². The Bertz CT molecular complexity index is 1490. The van der Waals surface area contributed by atoms with Crippen molar-refractivity contribution in [3.8, 4) is 0 Å². The van der Waals surface area contributed by atoms with Crippen molar-refractivity contribution in [2.75, 3.05) is 38.0 Å². The average molecular weight is 669 g/mol. The number of aldehydes is 1. The number of hydrogen-bond acceptors (Lipinski definition) is 7. The van der Waals surface area contributed by atoms with Gasteiger partial charge in [-0.2, -0.15) is 0 Å². The van der Waals surface area contributed by atoms with Gasteiger partial charge in [0.2, 0.25) is 5.91 Å². The van der Waals surface area contributed by atoms with Crippen molar-refractivity contribution in [1.82, 2.24) is 15.1 Å². The minimum Gasteiger partial charge on any atom is -0.384 e. The molecule has 0 spiro atoms. The SMILES string of the molecule is Cc1ccc(C[C@@H](N)C(=O)N2C[C@H](CCCNCCNc3ccccc3)N(C(c3ccc(C)cc3C)C(N)C=O)C[C@H]2CC(C)C)c(C)c1. The first kappa shape index (κ1) is 38.2. The summed E-state index contributed by atoms with van der Waals surface area (Å²) in [6.07, 6.45) is 4.02. The number of hydrogen-bond donors (Lipinski definition) is 4. The molecule has 5 atom stereocenters. The Morgan fingerprint density at radius 1 is 0.878 bits per heavy atom. The molecular weight excluding hydrogens is 608 g/mol. The Kier molecular flexibility index (Phi) is 14.4. The van der Waals surface area contributed by atoms with E-state index in [9.17, 15) is 9.59 Å². The van der Waals surface area contributed by atoms with Crippen molar-refractivity contribution in [2.45, 2.75) is 97.4 Å². The predicted molar refractivity (Wildman–Crippen MR) is 203 cm³/mol. The minimum atomic E-state index is -0.695. The fraction of sp³-hybridized carbons (Fsp3) is 0.512. The van der Waals surface area contributed by atoms with Crippen molar-refractivity contribution >= 4 is 17.9 Å². The zero-order valence-electron chi connectivity index (χ0n) is 30.6. The maximum atomic E-state index is 14.3. The van der Waals surface area contributed by atoms with Crippen LogP contribution in [0.1, 0.15) is 72.5 Å². The largest absolute Gasteiger partial charge is 0.384 e. The molecular formula is C41H60N6O2. The highest BCUT2D eigenvalue weighted by Gasteiger charge is 2.42. The van der Waals surface area contributed by atoms with E-state index >= 15 is 0 Å². The van der Waals surface area contributed by atoms with Crippen LogP contribution in [0, 0.1) is 33.6 Å². The van der Waals surface area contributed by atoms with Gasteiger partial charge in [0, 0.05) is 44.0 Å². The first-order valence-corrected chi connectivity index (χ1v) is 18.1. The van der Waals surface area contributed by atoms with Gasteiger partial charge < -0.3 is 31.8 Å². The highest BCUT2D eigenvalue weighted by atomic mass is 16.2. The van der Waals surface area contributed by atoms with Gasteiger partial charge in [-0.25, -0.2) is 0 Å². The van der Waals surface area contributed by atoms with Crippen molar-refractivity contribution in [3.63, 3.8) is 0 Å². The summed E-state index contributed by atoms with van der Waals surface area (Å²) in [5.41, 5.74) is 21.4. The number of rotatable bonds is 17. The van der Waals surface area contributed by atoms with E-state index < -0.39 is 12.1 Å². The van der Waals surface area contributed by atoms with E-state index in [-0.39, 0.29) is 24.0 Å². The summed E-state index contributed by atoms with van der Waals surface area (Å²) in [5, 5.41) is 7.03. The maximum absolute atomic E-state index is 14.3. The number of amides is 1. The van der Waals surface area contributed by atoms with Gasteiger partial charge >= 0.3 is 0 Å².